The molecule has 1 N–H and O–H groups in total. The normalized spacial score (nSPS) is 14.2. The summed E-state index contributed by atoms with van der Waals surface area (Å²) in [7, 11) is 0. The van der Waals surface area contributed by atoms with Crippen LogP contribution in [0.1, 0.15) is 19.8 Å². The number of carboxylic acid groups (broad SMARTS) is 1. The molecule has 3 aromatic rings. The van der Waals surface area contributed by atoms with Gasteiger partial charge in [-0.2, -0.15) is 5.10 Å². The minimum absolute atomic E-state index is 0.0378. The number of benzene rings is 1. The number of unbranched alkanes of at least 4 members (excludes halogenated alkanes) is 1. The van der Waals surface area contributed by atoms with Crippen LogP contribution in [0, 0.1) is 0 Å². The fourth-order valence-corrected chi connectivity index (χ4v) is 3.46. The molecule has 168 valence electrons. The van der Waals surface area contributed by atoms with E-state index in [9.17, 15) is 14.7 Å². The Bertz CT molecular complexity index is 1120. The second-order valence-electron chi connectivity index (χ2n) is 7.38. The first kappa shape index (κ1) is 21.4. The number of hydrogen-bond donors (Lipinski definition) is 1. The SMILES string of the molecule is CCCCOC(=O)N1CCOc2cccc(c2)-c2cnn3ccc(nc23)N(C(=O)O)CC1. The number of ether oxygens (including phenoxy) is 2. The summed E-state index contributed by atoms with van der Waals surface area (Å²) in [6.45, 7) is 3.01. The van der Waals surface area contributed by atoms with Crippen LogP contribution in [0.15, 0.2) is 42.7 Å². The number of hydrogen-bond acceptors (Lipinski definition) is 6. The molecule has 0 radical (unpaired) electrons. The van der Waals surface area contributed by atoms with Crippen LogP contribution in [-0.2, 0) is 4.74 Å². The van der Waals surface area contributed by atoms with Crippen LogP contribution in [-0.4, -0.2) is 69.6 Å². The smallest absolute Gasteiger partial charge is 0.413 e. The summed E-state index contributed by atoms with van der Waals surface area (Å²) in [5, 5.41) is 14.1. The van der Waals surface area contributed by atoms with E-state index in [-0.39, 0.29) is 32.1 Å². The van der Waals surface area contributed by atoms with Crippen molar-refractivity contribution in [1.29, 1.82) is 0 Å². The molecule has 0 atom stereocenters. The van der Waals surface area contributed by atoms with Gasteiger partial charge in [-0.1, -0.05) is 25.5 Å². The summed E-state index contributed by atoms with van der Waals surface area (Å²) in [4.78, 5) is 31.7. The van der Waals surface area contributed by atoms with E-state index < -0.39 is 12.2 Å². The fourth-order valence-electron chi connectivity index (χ4n) is 3.46. The predicted molar refractivity (Wildman–Crippen MR) is 117 cm³/mol. The summed E-state index contributed by atoms with van der Waals surface area (Å²) in [5.41, 5.74) is 2.14. The van der Waals surface area contributed by atoms with Crippen LogP contribution in [0.2, 0.25) is 0 Å². The Labute approximate surface area is 185 Å². The molecule has 4 rings (SSSR count). The molecule has 1 aromatic carbocycles. The number of carbonyl (C=O) groups is 2. The fraction of sp³-hybridized carbons (Fsp3) is 0.364. The molecule has 0 saturated heterocycles. The van der Waals surface area contributed by atoms with Crippen LogP contribution in [0.4, 0.5) is 15.4 Å². The van der Waals surface area contributed by atoms with E-state index in [0.29, 0.717) is 18.0 Å². The van der Waals surface area contributed by atoms with Crippen molar-refractivity contribution < 1.29 is 24.2 Å². The van der Waals surface area contributed by atoms with Crippen molar-refractivity contribution in [2.75, 3.05) is 37.7 Å². The van der Waals surface area contributed by atoms with E-state index in [4.69, 9.17) is 9.47 Å². The molecule has 3 heterocycles. The van der Waals surface area contributed by atoms with E-state index in [1.54, 1.807) is 23.0 Å². The molecule has 1 aliphatic heterocycles. The third-order valence-electron chi connectivity index (χ3n) is 5.21. The Morgan fingerprint density at radius 3 is 2.91 bits per heavy atom. The van der Waals surface area contributed by atoms with E-state index >= 15 is 0 Å². The number of fused-ring (bicyclic) bond motifs is 4. The lowest BCUT2D eigenvalue weighted by Crippen LogP contribution is -2.43. The van der Waals surface area contributed by atoms with Crippen molar-refractivity contribution in [2.24, 2.45) is 0 Å². The molecule has 10 nitrogen and oxygen atoms in total. The zero-order chi connectivity index (χ0) is 22.5. The highest BCUT2D eigenvalue weighted by Gasteiger charge is 2.22. The third kappa shape index (κ3) is 4.58. The molecule has 0 saturated carbocycles. The van der Waals surface area contributed by atoms with Gasteiger partial charge in [0.1, 0.15) is 18.2 Å². The molecule has 0 fully saturated rings. The summed E-state index contributed by atoms with van der Waals surface area (Å²) < 4.78 is 12.8. The Balaban J connectivity index is 1.70. The van der Waals surface area contributed by atoms with Gasteiger partial charge >= 0.3 is 12.2 Å². The highest BCUT2D eigenvalue weighted by atomic mass is 16.6. The molecule has 0 spiro atoms. The molecule has 1 aliphatic rings. The second-order valence-corrected chi connectivity index (χ2v) is 7.38. The van der Waals surface area contributed by atoms with E-state index in [0.717, 1.165) is 28.9 Å². The van der Waals surface area contributed by atoms with Crippen LogP contribution in [0.25, 0.3) is 16.8 Å². The average molecular weight is 439 g/mol. The maximum Gasteiger partial charge on any atom is 0.413 e. The molecule has 32 heavy (non-hydrogen) atoms. The molecular formula is C22H25N5O5. The van der Waals surface area contributed by atoms with Gasteiger partial charge in [-0.25, -0.2) is 19.1 Å². The topological polar surface area (TPSA) is 109 Å². The molecule has 2 amide bonds. The first-order valence-electron chi connectivity index (χ1n) is 10.6. The van der Waals surface area contributed by atoms with Gasteiger partial charge in [-0.05, 0) is 30.2 Å². The van der Waals surface area contributed by atoms with Gasteiger partial charge in [0.15, 0.2) is 5.65 Å². The predicted octanol–water partition coefficient (Wildman–Crippen LogP) is 3.51. The summed E-state index contributed by atoms with van der Waals surface area (Å²) in [6, 6.07) is 9.08. The monoisotopic (exact) mass is 439 g/mol. The van der Waals surface area contributed by atoms with E-state index in [2.05, 4.69) is 10.1 Å². The molecule has 4 bridgehead atoms. The Morgan fingerprint density at radius 1 is 1.22 bits per heavy atom. The van der Waals surface area contributed by atoms with Crippen LogP contribution in [0.5, 0.6) is 5.75 Å². The minimum atomic E-state index is -1.16. The van der Waals surface area contributed by atoms with Crippen molar-refractivity contribution in [3.8, 4) is 16.9 Å². The van der Waals surface area contributed by atoms with Crippen LogP contribution in [0.3, 0.4) is 0 Å². The number of carbonyl (C=O) groups excluding carboxylic acids is 1. The number of amides is 2. The quantitative estimate of drug-likeness (QED) is 0.622. The van der Waals surface area contributed by atoms with Gasteiger partial charge in [0, 0.05) is 24.8 Å². The number of rotatable bonds is 3. The van der Waals surface area contributed by atoms with Gasteiger partial charge < -0.3 is 19.5 Å². The van der Waals surface area contributed by atoms with Crippen molar-refractivity contribution >= 4 is 23.7 Å². The largest absolute Gasteiger partial charge is 0.492 e. The van der Waals surface area contributed by atoms with E-state index in [1.165, 1.54) is 4.90 Å². The minimum Gasteiger partial charge on any atom is -0.492 e. The molecular weight excluding hydrogens is 414 g/mol. The highest BCUT2D eigenvalue weighted by molar-refractivity contribution is 5.86. The standard InChI is InChI=1S/C22H25N5O5/c1-2-3-12-32-22(30)25-9-10-26(21(28)29)19-7-8-27-20(24-19)18(15-23-27)16-5-4-6-17(14-16)31-13-11-25/h4-8,14-15H,2-3,9-13H2,1H3,(H,28,29). The third-order valence-corrected chi connectivity index (χ3v) is 5.21. The lowest BCUT2D eigenvalue weighted by Gasteiger charge is -2.26. The molecule has 2 aromatic heterocycles. The first-order valence-corrected chi connectivity index (χ1v) is 10.6. The lowest BCUT2D eigenvalue weighted by molar-refractivity contribution is 0.0956. The Hall–Kier alpha value is -3.82. The first-order chi connectivity index (χ1) is 15.6. The van der Waals surface area contributed by atoms with E-state index in [1.807, 2.05) is 31.2 Å². The van der Waals surface area contributed by atoms with Crippen molar-refractivity contribution in [1.82, 2.24) is 19.5 Å². The van der Waals surface area contributed by atoms with Crippen LogP contribution >= 0.6 is 0 Å². The maximum atomic E-state index is 12.6. The zero-order valence-electron chi connectivity index (χ0n) is 17.8. The highest BCUT2D eigenvalue weighted by Crippen LogP contribution is 2.28. The lowest BCUT2D eigenvalue weighted by atomic mass is 10.1. The zero-order valence-corrected chi connectivity index (χ0v) is 17.8. The summed E-state index contributed by atoms with van der Waals surface area (Å²) in [5.74, 6) is 0.914. The van der Waals surface area contributed by atoms with Gasteiger partial charge in [-0.3, -0.25) is 4.90 Å². The number of nitrogens with zero attached hydrogens (tertiary/aromatic N) is 5. The van der Waals surface area contributed by atoms with Gasteiger partial charge in [0.2, 0.25) is 0 Å². The Morgan fingerprint density at radius 2 is 2.09 bits per heavy atom. The summed E-state index contributed by atoms with van der Waals surface area (Å²) >= 11 is 0. The van der Waals surface area contributed by atoms with Crippen LogP contribution < -0.4 is 9.64 Å². The van der Waals surface area contributed by atoms with Gasteiger partial charge in [0.05, 0.1) is 19.3 Å². The van der Waals surface area contributed by atoms with Gasteiger partial charge in [0.25, 0.3) is 0 Å². The molecule has 10 heteroatoms. The van der Waals surface area contributed by atoms with Crippen molar-refractivity contribution in [2.45, 2.75) is 19.8 Å². The second kappa shape index (κ2) is 9.54. The number of aromatic nitrogens is 3. The number of anilines is 1. The summed E-state index contributed by atoms with van der Waals surface area (Å²) in [6.07, 6.45) is 3.38. The Kier molecular flexibility index (Phi) is 6.39. The maximum absolute atomic E-state index is 12.6. The van der Waals surface area contributed by atoms with Crippen molar-refractivity contribution in [3.05, 3.63) is 42.7 Å². The molecule has 0 aliphatic carbocycles. The van der Waals surface area contributed by atoms with Gasteiger partial charge in [-0.15, -0.1) is 0 Å². The molecule has 0 unspecified atom stereocenters. The van der Waals surface area contributed by atoms with Crippen molar-refractivity contribution in [3.63, 3.8) is 0 Å². The average Bonchev–Trinajstić information content (AvgIpc) is 3.21.